The first-order valence-corrected chi connectivity index (χ1v) is 12.0. The van der Waals surface area contributed by atoms with Crippen molar-refractivity contribution in [3.63, 3.8) is 0 Å². The number of likely N-dealkylation sites (N-methyl/N-ethyl adjacent to an activating group) is 1. The molecule has 33 heavy (non-hydrogen) atoms. The van der Waals surface area contributed by atoms with Gasteiger partial charge in [0.2, 0.25) is 5.91 Å². The van der Waals surface area contributed by atoms with Gasteiger partial charge in [-0.2, -0.15) is 0 Å². The van der Waals surface area contributed by atoms with E-state index in [4.69, 9.17) is 22.1 Å². The Morgan fingerprint density at radius 1 is 1.18 bits per heavy atom. The molecule has 180 valence electrons. The third-order valence-corrected chi connectivity index (χ3v) is 7.20. The number of rotatable bonds is 9. The number of nitrogens with zero attached hydrogens (tertiary/aromatic N) is 1. The van der Waals surface area contributed by atoms with Gasteiger partial charge in [0.25, 0.3) is 0 Å². The molecule has 1 aromatic heterocycles. The monoisotopic (exact) mass is 604 g/mol. The molecule has 0 radical (unpaired) electrons. The van der Waals surface area contributed by atoms with Crippen molar-refractivity contribution >= 4 is 40.6 Å². The Kier molecular flexibility index (Phi) is 9.90. The number of quaternary nitrogens is 1. The van der Waals surface area contributed by atoms with Gasteiger partial charge in [-0.05, 0) is 37.1 Å². The molecule has 9 heteroatoms. The van der Waals surface area contributed by atoms with Gasteiger partial charge in [0, 0.05) is 29.2 Å². The number of ether oxygens (including phenoxy) is 1. The molecule has 1 aliphatic heterocycles. The van der Waals surface area contributed by atoms with Gasteiger partial charge in [0.1, 0.15) is 12.3 Å². The van der Waals surface area contributed by atoms with Crippen molar-refractivity contribution in [3.05, 3.63) is 55.7 Å². The zero-order valence-corrected chi connectivity index (χ0v) is 22.9. The number of halogens is 2. The Balaban J connectivity index is 0.00000385. The molecule has 0 bridgehead atoms. The van der Waals surface area contributed by atoms with Gasteiger partial charge in [0.15, 0.2) is 0 Å². The summed E-state index contributed by atoms with van der Waals surface area (Å²) in [5, 5.41) is 0.627. The number of hydrogen-bond acceptors (Lipinski definition) is 5. The van der Waals surface area contributed by atoms with Crippen LogP contribution in [-0.4, -0.2) is 48.4 Å². The first kappa shape index (κ1) is 27.8. The molecule has 1 atom stereocenters. The second kappa shape index (κ2) is 11.8. The van der Waals surface area contributed by atoms with Crippen molar-refractivity contribution in [2.75, 3.05) is 20.1 Å². The Labute approximate surface area is 221 Å². The van der Waals surface area contributed by atoms with Crippen molar-refractivity contribution in [1.29, 1.82) is 0 Å². The number of esters is 1. The van der Waals surface area contributed by atoms with Crippen LogP contribution >= 0.6 is 22.9 Å². The number of carbonyl (C=O) groups excluding carboxylic acids is 3. The number of hydrogen-bond donors (Lipinski definition) is 1. The lowest BCUT2D eigenvalue weighted by Gasteiger charge is -2.37. The average molecular weight is 605 g/mol. The van der Waals surface area contributed by atoms with Gasteiger partial charge in [-0.3, -0.25) is 14.4 Å². The molecule has 1 unspecified atom stereocenters. The minimum atomic E-state index is -0.478. The van der Waals surface area contributed by atoms with Crippen molar-refractivity contribution in [2.24, 2.45) is 5.73 Å². The first-order chi connectivity index (χ1) is 15.1. The normalized spacial score (nSPS) is 17.2. The highest BCUT2D eigenvalue weighted by atomic mass is 127. The smallest absolute Gasteiger partial charge is 0.311 e. The molecule has 0 aliphatic carbocycles. The van der Waals surface area contributed by atoms with E-state index in [0.29, 0.717) is 41.0 Å². The maximum Gasteiger partial charge on any atom is 0.311 e. The fourth-order valence-electron chi connectivity index (χ4n) is 4.12. The van der Waals surface area contributed by atoms with E-state index >= 15 is 0 Å². The van der Waals surface area contributed by atoms with E-state index < -0.39 is 5.91 Å². The summed E-state index contributed by atoms with van der Waals surface area (Å²) in [5.74, 6) is -0.641. The Morgan fingerprint density at radius 3 is 2.45 bits per heavy atom. The number of ketones is 1. The van der Waals surface area contributed by atoms with E-state index in [-0.39, 0.29) is 54.7 Å². The summed E-state index contributed by atoms with van der Waals surface area (Å²) >= 11 is 7.42. The highest BCUT2D eigenvalue weighted by Gasteiger charge is 2.35. The zero-order chi connectivity index (χ0) is 23.5. The fourth-order valence-corrected chi connectivity index (χ4v) is 5.81. The highest BCUT2D eigenvalue weighted by molar-refractivity contribution is 7.12. The van der Waals surface area contributed by atoms with E-state index in [1.165, 1.54) is 11.3 Å². The summed E-state index contributed by atoms with van der Waals surface area (Å²) in [6, 6.07) is 7.20. The zero-order valence-electron chi connectivity index (χ0n) is 19.2. The maximum atomic E-state index is 12.7. The minimum absolute atomic E-state index is 0. The topological polar surface area (TPSA) is 86.5 Å². The number of benzene rings is 1. The van der Waals surface area contributed by atoms with Crippen LogP contribution in [0.5, 0.6) is 0 Å². The van der Waals surface area contributed by atoms with Gasteiger partial charge in [-0.1, -0.05) is 23.7 Å². The third-order valence-electron chi connectivity index (χ3n) is 5.73. The van der Waals surface area contributed by atoms with Crippen LogP contribution < -0.4 is 29.7 Å². The molecule has 0 spiro atoms. The molecule has 1 amide bonds. The van der Waals surface area contributed by atoms with E-state index in [0.717, 1.165) is 27.4 Å². The van der Waals surface area contributed by atoms with Gasteiger partial charge in [-0.15, -0.1) is 11.3 Å². The van der Waals surface area contributed by atoms with E-state index in [1.807, 2.05) is 26.0 Å². The summed E-state index contributed by atoms with van der Waals surface area (Å²) in [6.45, 7) is 5.86. The predicted octanol–water partition coefficient (Wildman–Crippen LogP) is 0.703. The predicted molar refractivity (Wildman–Crippen MR) is 126 cm³/mol. The lowest BCUT2D eigenvalue weighted by atomic mass is 9.97. The average Bonchev–Trinajstić information content (AvgIpc) is 3.04. The number of primary amides is 1. The summed E-state index contributed by atoms with van der Waals surface area (Å²) in [5.41, 5.74) is 8.09. The van der Waals surface area contributed by atoms with Gasteiger partial charge >= 0.3 is 5.97 Å². The van der Waals surface area contributed by atoms with Gasteiger partial charge in [0.05, 0.1) is 43.1 Å². The maximum absolute atomic E-state index is 12.7. The minimum Gasteiger partial charge on any atom is -1.00 e. The van der Waals surface area contributed by atoms with E-state index in [1.54, 1.807) is 12.1 Å². The molecule has 3 rings (SSSR count). The second-order valence-corrected chi connectivity index (χ2v) is 10.6. The van der Waals surface area contributed by atoms with Crippen molar-refractivity contribution < 1.29 is 47.6 Å². The van der Waals surface area contributed by atoms with Crippen LogP contribution in [0.1, 0.15) is 51.5 Å². The molecule has 2 aromatic rings. The van der Waals surface area contributed by atoms with Crippen LogP contribution in [-0.2, 0) is 40.1 Å². The summed E-state index contributed by atoms with van der Waals surface area (Å²) in [4.78, 5) is 38.8. The second-order valence-electron chi connectivity index (χ2n) is 8.95. The number of Topliss-reactive ketones (excluding diaryl/α,β-unsaturated/α-hetero) is 1. The largest absolute Gasteiger partial charge is 1.00 e. The fraction of sp³-hybridized carbons (Fsp3) is 0.458. The lowest BCUT2D eigenvalue weighted by molar-refractivity contribution is -0.923. The quantitative estimate of drug-likeness (QED) is 0.260. The summed E-state index contributed by atoms with van der Waals surface area (Å²) < 4.78 is 5.95. The van der Waals surface area contributed by atoms with Crippen LogP contribution in [0.3, 0.4) is 0 Å². The van der Waals surface area contributed by atoms with E-state index in [2.05, 4.69) is 7.05 Å². The number of amides is 1. The molecule has 2 N–H and O–H groups in total. The number of thiophene rings is 1. The number of fused-ring (bicyclic) bond motifs is 1. The summed E-state index contributed by atoms with van der Waals surface area (Å²) in [6.07, 6.45) is 1.40. The third kappa shape index (κ3) is 7.50. The van der Waals surface area contributed by atoms with Gasteiger partial charge < -0.3 is 38.9 Å². The van der Waals surface area contributed by atoms with Crippen molar-refractivity contribution in [3.8, 4) is 0 Å². The molecule has 6 nitrogen and oxygen atoms in total. The molecule has 0 saturated carbocycles. The molecular weight excluding hydrogens is 575 g/mol. The molecule has 1 aromatic carbocycles. The molecule has 2 heterocycles. The molecule has 0 saturated heterocycles. The van der Waals surface area contributed by atoms with Crippen molar-refractivity contribution in [1.82, 2.24) is 0 Å². The Hall–Kier alpha value is -1.49. The van der Waals surface area contributed by atoms with Crippen LogP contribution in [0, 0.1) is 0 Å². The van der Waals surface area contributed by atoms with Crippen molar-refractivity contribution in [2.45, 2.75) is 52.2 Å². The van der Waals surface area contributed by atoms with Crippen LogP contribution in [0.25, 0.3) is 0 Å². The van der Waals surface area contributed by atoms with E-state index in [9.17, 15) is 14.4 Å². The highest BCUT2D eigenvalue weighted by Crippen LogP contribution is 2.36. The molecule has 0 fully saturated rings. The van der Waals surface area contributed by atoms with Gasteiger partial charge in [-0.25, -0.2) is 0 Å². The Bertz CT molecular complexity index is 1020. The van der Waals surface area contributed by atoms with Crippen LogP contribution in [0.2, 0.25) is 5.02 Å². The SMILES string of the molecule is CC(C)OC(=O)CC[N+]1(C)CCc2c(sc(CC(=O)Cc3ccc(Cl)cc3)c2C(N)=O)C1.[I-]. The first-order valence-electron chi connectivity index (χ1n) is 10.8. The summed E-state index contributed by atoms with van der Waals surface area (Å²) in [7, 11) is 2.11. The lowest BCUT2D eigenvalue weighted by Crippen LogP contribution is -3.00. The number of nitrogens with two attached hydrogens (primary N) is 1. The number of carbonyl (C=O) groups is 3. The standard InChI is InChI=1S/C24H29ClN2O4S.HI/c1-15(2)31-22(29)9-11-27(3)10-8-19-21(14-27)32-20(23(19)24(26)30)13-18(28)12-16-4-6-17(25)7-5-16;/h4-7,15H,8-14H2,1-3H3,(H-,26,30);1H. The molecular formula is C24H30ClIN2O4S. The van der Waals surface area contributed by atoms with Crippen LogP contribution in [0.15, 0.2) is 24.3 Å². The Morgan fingerprint density at radius 2 is 1.85 bits per heavy atom. The molecule has 1 aliphatic rings. The van der Waals surface area contributed by atoms with Crippen LogP contribution in [0.4, 0.5) is 0 Å².